The molecule has 6 nitrogen and oxygen atoms in total. The molecule has 1 aliphatic heterocycles. The molecule has 3 rings (SSSR count). The van der Waals surface area contributed by atoms with Gasteiger partial charge >= 0.3 is 0 Å². The van der Waals surface area contributed by atoms with Crippen molar-refractivity contribution in [3.8, 4) is 0 Å². The zero-order valence-electron chi connectivity index (χ0n) is 13.8. The van der Waals surface area contributed by atoms with Crippen molar-refractivity contribution in [3.05, 3.63) is 51.7 Å². The maximum absolute atomic E-state index is 12.6. The molecule has 0 saturated carbocycles. The van der Waals surface area contributed by atoms with Gasteiger partial charge in [0.1, 0.15) is 5.25 Å². The average molecular weight is 407 g/mol. The first-order valence-corrected chi connectivity index (χ1v) is 9.80. The molecular formula is C17H15ClN4O2S2. The predicted octanol–water partition coefficient (Wildman–Crippen LogP) is 3.51. The fourth-order valence-electron chi connectivity index (χ4n) is 2.41. The van der Waals surface area contributed by atoms with E-state index in [1.165, 1.54) is 0 Å². The van der Waals surface area contributed by atoms with E-state index in [9.17, 15) is 9.59 Å². The fourth-order valence-corrected chi connectivity index (χ4v) is 4.08. The minimum atomic E-state index is -0.623. The number of carbonyl (C=O) groups is 2. The number of anilines is 1. The molecule has 1 aliphatic rings. The van der Waals surface area contributed by atoms with Crippen molar-refractivity contribution >= 4 is 63.1 Å². The molecule has 0 radical (unpaired) electrons. The lowest BCUT2D eigenvalue weighted by molar-refractivity contribution is -0.121. The Morgan fingerprint density at radius 1 is 1.31 bits per heavy atom. The van der Waals surface area contributed by atoms with Crippen molar-refractivity contribution in [3.63, 3.8) is 0 Å². The van der Waals surface area contributed by atoms with Crippen LogP contribution in [0.25, 0.3) is 0 Å². The molecule has 0 spiro atoms. The number of benzene rings is 1. The monoisotopic (exact) mass is 406 g/mol. The number of halogens is 1. The van der Waals surface area contributed by atoms with Gasteiger partial charge in [-0.3, -0.25) is 9.59 Å². The summed E-state index contributed by atoms with van der Waals surface area (Å²) in [6.45, 7) is 1.83. The summed E-state index contributed by atoms with van der Waals surface area (Å²) in [5.74, 6) is -0.625. The SMILES string of the molecule is C/C(=N\N=C(N)SC1CC(=O)N(c2cccc(Cl)c2)C1=O)c1cccs1. The van der Waals surface area contributed by atoms with Crippen molar-refractivity contribution in [1.29, 1.82) is 0 Å². The van der Waals surface area contributed by atoms with Crippen molar-refractivity contribution < 1.29 is 9.59 Å². The summed E-state index contributed by atoms with van der Waals surface area (Å²) in [6.07, 6.45) is 0.0554. The maximum atomic E-state index is 12.6. The molecule has 134 valence electrons. The first-order chi connectivity index (χ1) is 12.5. The van der Waals surface area contributed by atoms with Gasteiger partial charge in [-0.1, -0.05) is 35.5 Å². The molecule has 1 unspecified atom stereocenters. The third-order valence-electron chi connectivity index (χ3n) is 3.61. The van der Waals surface area contributed by atoms with Crippen LogP contribution in [0.3, 0.4) is 0 Å². The third-order valence-corrected chi connectivity index (χ3v) is 5.80. The number of nitrogens with two attached hydrogens (primary N) is 1. The molecule has 1 atom stereocenters. The van der Waals surface area contributed by atoms with Crippen LogP contribution in [0, 0.1) is 0 Å². The van der Waals surface area contributed by atoms with Gasteiger partial charge < -0.3 is 5.73 Å². The van der Waals surface area contributed by atoms with Gasteiger partial charge in [0.2, 0.25) is 11.8 Å². The normalized spacial score (nSPS) is 18.7. The van der Waals surface area contributed by atoms with Crippen LogP contribution in [0.5, 0.6) is 0 Å². The second kappa shape index (κ2) is 8.03. The van der Waals surface area contributed by atoms with Gasteiger partial charge in [-0.15, -0.1) is 16.4 Å². The zero-order valence-corrected chi connectivity index (χ0v) is 16.1. The highest BCUT2D eigenvalue weighted by Gasteiger charge is 2.40. The minimum Gasteiger partial charge on any atom is -0.377 e. The Hall–Kier alpha value is -2.16. The Morgan fingerprint density at radius 3 is 2.81 bits per heavy atom. The molecule has 2 N–H and O–H groups in total. The van der Waals surface area contributed by atoms with E-state index < -0.39 is 5.25 Å². The summed E-state index contributed by atoms with van der Waals surface area (Å²) >= 11 is 8.54. The van der Waals surface area contributed by atoms with Crippen molar-refractivity contribution in [1.82, 2.24) is 0 Å². The lowest BCUT2D eigenvalue weighted by Crippen LogP contribution is -2.31. The van der Waals surface area contributed by atoms with Gasteiger partial charge in [-0.05, 0) is 36.6 Å². The van der Waals surface area contributed by atoms with E-state index in [2.05, 4.69) is 10.2 Å². The molecule has 2 heterocycles. The molecule has 1 saturated heterocycles. The van der Waals surface area contributed by atoms with Gasteiger partial charge in [-0.2, -0.15) is 5.10 Å². The number of hydrogen-bond acceptors (Lipinski definition) is 6. The predicted molar refractivity (Wildman–Crippen MR) is 108 cm³/mol. The maximum Gasteiger partial charge on any atom is 0.247 e. The van der Waals surface area contributed by atoms with E-state index in [0.29, 0.717) is 10.7 Å². The van der Waals surface area contributed by atoms with Gasteiger partial charge in [0, 0.05) is 11.4 Å². The van der Waals surface area contributed by atoms with Gasteiger partial charge in [0.15, 0.2) is 5.17 Å². The minimum absolute atomic E-state index is 0.0554. The zero-order chi connectivity index (χ0) is 18.7. The Labute approximate surface area is 163 Å². The van der Waals surface area contributed by atoms with Crippen molar-refractivity contribution in [2.45, 2.75) is 18.6 Å². The number of carbonyl (C=O) groups excluding carboxylic acids is 2. The average Bonchev–Trinajstić information content (AvgIpc) is 3.22. The largest absolute Gasteiger partial charge is 0.377 e. The lowest BCUT2D eigenvalue weighted by Gasteiger charge is -2.14. The van der Waals surface area contributed by atoms with Crippen LogP contribution in [0.15, 0.2) is 52.0 Å². The lowest BCUT2D eigenvalue weighted by atomic mass is 10.3. The van der Waals surface area contributed by atoms with Crippen LogP contribution in [0.4, 0.5) is 5.69 Å². The molecule has 26 heavy (non-hydrogen) atoms. The smallest absolute Gasteiger partial charge is 0.247 e. The Balaban J connectivity index is 1.71. The van der Waals surface area contributed by atoms with Crippen LogP contribution in [-0.4, -0.2) is 27.9 Å². The van der Waals surface area contributed by atoms with Crippen LogP contribution in [0.2, 0.25) is 5.02 Å². The highest BCUT2D eigenvalue weighted by atomic mass is 35.5. The summed E-state index contributed by atoms with van der Waals surface area (Å²) in [5.41, 5.74) is 7.07. The summed E-state index contributed by atoms with van der Waals surface area (Å²) in [4.78, 5) is 27.0. The van der Waals surface area contributed by atoms with E-state index in [0.717, 1.165) is 27.3 Å². The molecule has 9 heteroatoms. The molecule has 0 bridgehead atoms. The number of rotatable bonds is 4. The molecule has 2 amide bonds. The van der Waals surface area contributed by atoms with Crippen molar-refractivity contribution in [2.24, 2.45) is 15.9 Å². The van der Waals surface area contributed by atoms with E-state index in [1.54, 1.807) is 35.6 Å². The molecule has 2 aromatic rings. The first kappa shape index (κ1) is 18.6. The molecule has 1 aromatic heterocycles. The molecular weight excluding hydrogens is 392 g/mol. The summed E-state index contributed by atoms with van der Waals surface area (Å²) in [6, 6.07) is 10.5. The quantitative estimate of drug-likeness (QED) is 0.364. The van der Waals surface area contributed by atoms with E-state index in [1.807, 2.05) is 24.4 Å². The molecule has 1 fully saturated rings. The first-order valence-electron chi connectivity index (χ1n) is 7.66. The summed E-state index contributed by atoms with van der Waals surface area (Å²) in [7, 11) is 0. The number of thioether (sulfide) groups is 1. The number of imide groups is 1. The highest BCUT2D eigenvalue weighted by Crippen LogP contribution is 2.30. The summed E-state index contributed by atoms with van der Waals surface area (Å²) in [5, 5.41) is 9.97. The number of amides is 2. The van der Waals surface area contributed by atoms with E-state index in [-0.39, 0.29) is 23.4 Å². The van der Waals surface area contributed by atoms with Gasteiger partial charge in [0.05, 0.1) is 16.3 Å². The van der Waals surface area contributed by atoms with Crippen LogP contribution in [-0.2, 0) is 9.59 Å². The van der Waals surface area contributed by atoms with Gasteiger partial charge in [0.25, 0.3) is 0 Å². The number of hydrogen-bond donors (Lipinski definition) is 1. The van der Waals surface area contributed by atoms with Crippen molar-refractivity contribution in [2.75, 3.05) is 4.90 Å². The Morgan fingerprint density at radius 2 is 2.12 bits per heavy atom. The Bertz CT molecular complexity index is 896. The highest BCUT2D eigenvalue weighted by molar-refractivity contribution is 8.14. The topological polar surface area (TPSA) is 88.1 Å². The second-order valence-corrected chi connectivity index (χ2v) is 8.07. The van der Waals surface area contributed by atoms with Crippen LogP contribution < -0.4 is 10.6 Å². The molecule has 1 aromatic carbocycles. The van der Waals surface area contributed by atoms with Crippen LogP contribution in [0.1, 0.15) is 18.2 Å². The van der Waals surface area contributed by atoms with E-state index in [4.69, 9.17) is 17.3 Å². The van der Waals surface area contributed by atoms with Gasteiger partial charge in [-0.25, -0.2) is 4.90 Å². The van der Waals surface area contributed by atoms with E-state index >= 15 is 0 Å². The third kappa shape index (κ3) is 4.14. The number of amidine groups is 1. The fraction of sp³-hybridized carbons (Fsp3) is 0.176. The standard InChI is InChI=1S/C17H15ClN4O2S2/c1-10(13-6-3-7-25-13)20-21-17(19)26-14-9-15(23)22(16(14)24)12-5-2-4-11(18)8-12/h2-8,14H,9H2,1H3,(H2,19,21)/b20-10+. The number of thiophene rings is 1. The van der Waals surface area contributed by atoms with Crippen LogP contribution >= 0.6 is 34.7 Å². The Kier molecular flexibility index (Phi) is 5.75. The number of nitrogens with zero attached hydrogens (tertiary/aromatic N) is 3. The summed E-state index contributed by atoms with van der Waals surface area (Å²) < 4.78 is 0. The second-order valence-electron chi connectivity index (χ2n) is 5.46. The molecule has 0 aliphatic carbocycles.